The van der Waals surface area contributed by atoms with Crippen LogP contribution in [0.5, 0.6) is 0 Å². The summed E-state index contributed by atoms with van der Waals surface area (Å²) >= 11 is 6.90. The van der Waals surface area contributed by atoms with Crippen LogP contribution in [-0.2, 0) is 0 Å². The van der Waals surface area contributed by atoms with Crippen molar-refractivity contribution in [3.8, 4) is 0 Å². The molecule has 0 amide bonds. The van der Waals surface area contributed by atoms with Crippen LogP contribution in [0.15, 0.2) is 40.6 Å². The number of hydrogen-bond acceptors (Lipinski definition) is 5. The molecule has 0 aliphatic carbocycles. The maximum absolute atomic E-state index is 11.2. The average molecular weight is 298 g/mol. The largest absolute Gasteiger partial charge is 0.384 e. The highest BCUT2D eigenvalue weighted by Crippen LogP contribution is 2.39. The Kier molecular flexibility index (Phi) is 4.21. The Bertz CT molecular complexity index is 532. The molecule has 5 nitrogen and oxygen atoms in total. The van der Waals surface area contributed by atoms with Crippen molar-refractivity contribution in [2.24, 2.45) is 16.1 Å². The second kappa shape index (κ2) is 5.71. The third-order valence-corrected chi connectivity index (χ3v) is 4.31. The second-order valence-corrected chi connectivity index (χ2v) is 5.51. The van der Waals surface area contributed by atoms with Gasteiger partial charge in [0.15, 0.2) is 0 Å². The first-order valence-electron chi connectivity index (χ1n) is 5.60. The zero-order valence-electron chi connectivity index (χ0n) is 10.2. The molecule has 7 heteroatoms. The van der Waals surface area contributed by atoms with Crippen molar-refractivity contribution in [2.45, 2.75) is 4.99 Å². The molecule has 1 aromatic rings. The van der Waals surface area contributed by atoms with Crippen molar-refractivity contribution >= 4 is 29.4 Å². The monoisotopic (exact) mass is 297 g/mol. The predicted molar refractivity (Wildman–Crippen MR) is 76.9 cm³/mol. The molecule has 1 aliphatic heterocycles. The molecule has 0 N–H and O–H groups in total. The summed E-state index contributed by atoms with van der Waals surface area (Å²) in [6, 6.07) is 7.27. The van der Waals surface area contributed by atoms with E-state index in [1.165, 1.54) is 0 Å². The van der Waals surface area contributed by atoms with Gasteiger partial charge in [-0.05, 0) is 24.0 Å². The van der Waals surface area contributed by atoms with E-state index in [0.717, 1.165) is 17.3 Å². The lowest BCUT2D eigenvalue weighted by Crippen LogP contribution is -2.37. The first-order valence-corrected chi connectivity index (χ1v) is 7.21. The summed E-state index contributed by atoms with van der Waals surface area (Å²) in [5, 5.41) is 19.5. The molecule has 100 valence electrons. The lowest BCUT2D eigenvalue weighted by molar-refractivity contribution is -0.541. The van der Waals surface area contributed by atoms with Gasteiger partial charge in [0.1, 0.15) is 5.92 Å². The van der Waals surface area contributed by atoms with E-state index in [1.54, 1.807) is 24.5 Å². The van der Waals surface area contributed by atoms with Crippen LogP contribution in [0.2, 0.25) is 5.02 Å². The van der Waals surface area contributed by atoms with Gasteiger partial charge in [-0.15, -0.1) is 5.11 Å². The molecule has 0 radical (unpaired) electrons. The summed E-state index contributed by atoms with van der Waals surface area (Å²) in [5.74, 6) is -0.340. The topological polar surface area (TPSA) is 67.9 Å². The Labute approximate surface area is 119 Å². The van der Waals surface area contributed by atoms with Crippen molar-refractivity contribution in [1.29, 1.82) is 0 Å². The number of rotatable bonds is 4. The van der Waals surface area contributed by atoms with Crippen LogP contribution in [-0.4, -0.2) is 22.7 Å². The van der Waals surface area contributed by atoms with Gasteiger partial charge >= 0.3 is 4.99 Å². The third kappa shape index (κ3) is 2.79. The predicted octanol–water partition coefficient (Wildman–Crippen LogP) is 3.73. The molecule has 0 spiro atoms. The standard InChI is InChI=1S/C12H12ClN3O2S/c1-19-12(16(17)18)10(8-14-15-12)5-2-9-3-6-11(13)7-4-9/h2-7,10H,8H2,1H3/b5-2+/t10-,12-/m0/s1. The molecule has 2 atom stereocenters. The summed E-state index contributed by atoms with van der Waals surface area (Å²) in [4.78, 5) is 9.44. The van der Waals surface area contributed by atoms with E-state index in [2.05, 4.69) is 10.2 Å². The number of hydrogen-bond donors (Lipinski definition) is 0. The van der Waals surface area contributed by atoms with Crippen molar-refractivity contribution in [3.63, 3.8) is 0 Å². The fourth-order valence-electron chi connectivity index (χ4n) is 1.85. The summed E-state index contributed by atoms with van der Waals surface area (Å²) in [7, 11) is 0. The Balaban J connectivity index is 2.19. The summed E-state index contributed by atoms with van der Waals surface area (Å²) in [6.07, 6.45) is 5.31. The van der Waals surface area contributed by atoms with E-state index in [0.29, 0.717) is 11.6 Å². The zero-order valence-corrected chi connectivity index (χ0v) is 11.8. The molecule has 0 saturated heterocycles. The Hall–Kier alpha value is -1.40. The highest BCUT2D eigenvalue weighted by molar-refractivity contribution is 7.99. The minimum atomic E-state index is -1.39. The van der Waals surface area contributed by atoms with Crippen LogP contribution < -0.4 is 0 Å². The third-order valence-electron chi connectivity index (χ3n) is 2.93. The number of benzene rings is 1. The van der Waals surface area contributed by atoms with Crippen LogP contribution in [0.25, 0.3) is 6.08 Å². The molecule has 1 aromatic carbocycles. The van der Waals surface area contributed by atoms with Crippen LogP contribution in [0.3, 0.4) is 0 Å². The number of halogens is 1. The van der Waals surface area contributed by atoms with E-state index in [-0.39, 0.29) is 10.8 Å². The molecule has 0 saturated carbocycles. The van der Waals surface area contributed by atoms with Crippen molar-refractivity contribution in [2.75, 3.05) is 12.8 Å². The Morgan fingerprint density at radius 2 is 2.21 bits per heavy atom. The highest BCUT2D eigenvalue weighted by Gasteiger charge is 2.53. The molecular formula is C12H12ClN3O2S. The lowest BCUT2D eigenvalue weighted by Gasteiger charge is -2.18. The van der Waals surface area contributed by atoms with Gasteiger partial charge in [-0.1, -0.05) is 47.6 Å². The van der Waals surface area contributed by atoms with Crippen LogP contribution >= 0.6 is 23.4 Å². The van der Waals surface area contributed by atoms with Crippen molar-refractivity contribution < 1.29 is 4.92 Å². The molecule has 1 aliphatic rings. The molecule has 0 bridgehead atoms. The van der Waals surface area contributed by atoms with E-state index in [1.807, 2.05) is 18.2 Å². The number of nitro groups is 1. The highest BCUT2D eigenvalue weighted by atomic mass is 35.5. The quantitative estimate of drug-likeness (QED) is 0.483. The molecule has 0 unspecified atom stereocenters. The van der Waals surface area contributed by atoms with E-state index in [4.69, 9.17) is 11.6 Å². The van der Waals surface area contributed by atoms with Gasteiger partial charge in [0.25, 0.3) is 0 Å². The number of nitrogens with zero attached hydrogens (tertiary/aromatic N) is 3. The van der Waals surface area contributed by atoms with E-state index in [9.17, 15) is 10.1 Å². The number of thioether (sulfide) groups is 1. The SMILES string of the molecule is CS[C@]1([N+](=O)[O-])N=NC[C@@H]1/C=C/c1ccc(Cl)cc1. The maximum atomic E-state index is 11.2. The second-order valence-electron chi connectivity index (χ2n) is 4.06. The number of azo groups is 1. The minimum absolute atomic E-state index is 0.339. The molecule has 2 rings (SSSR count). The first kappa shape index (κ1) is 14.0. The Morgan fingerprint density at radius 1 is 1.53 bits per heavy atom. The smallest absolute Gasteiger partial charge is 0.261 e. The Morgan fingerprint density at radius 3 is 2.79 bits per heavy atom. The van der Waals surface area contributed by atoms with Gasteiger partial charge in [0.05, 0.1) is 11.5 Å². The fourth-order valence-corrected chi connectivity index (χ4v) is 2.72. The normalized spacial score (nSPS) is 26.1. The van der Waals surface area contributed by atoms with Gasteiger partial charge in [-0.3, -0.25) is 10.1 Å². The van der Waals surface area contributed by atoms with Crippen LogP contribution in [0, 0.1) is 16.0 Å². The van der Waals surface area contributed by atoms with Gasteiger partial charge in [-0.25, -0.2) is 0 Å². The van der Waals surface area contributed by atoms with Gasteiger partial charge < -0.3 is 0 Å². The molecule has 0 aromatic heterocycles. The van der Waals surface area contributed by atoms with Crippen LogP contribution in [0.1, 0.15) is 5.56 Å². The summed E-state index contributed by atoms with van der Waals surface area (Å²) < 4.78 is 0. The zero-order chi connectivity index (χ0) is 13.9. The fraction of sp³-hybridized carbons (Fsp3) is 0.333. The first-order chi connectivity index (χ1) is 9.08. The average Bonchev–Trinajstić information content (AvgIpc) is 2.82. The van der Waals surface area contributed by atoms with Gasteiger partial charge in [0.2, 0.25) is 0 Å². The van der Waals surface area contributed by atoms with Crippen LogP contribution in [0.4, 0.5) is 0 Å². The minimum Gasteiger partial charge on any atom is -0.261 e. The molecule has 1 heterocycles. The van der Waals surface area contributed by atoms with E-state index < -0.39 is 4.99 Å². The van der Waals surface area contributed by atoms with Gasteiger partial charge in [-0.2, -0.15) is 5.11 Å². The molecule has 0 fully saturated rings. The lowest BCUT2D eigenvalue weighted by atomic mass is 10.1. The summed E-state index contributed by atoms with van der Waals surface area (Å²) in [5.41, 5.74) is 0.939. The molecule has 19 heavy (non-hydrogen) atoms. The van der Waals surface area contributed by atoms with Gasteiger partial charge in [0, 0.05) is 5.02 Å². The van der Waals surface area contributed by atoms with Crippen molar-refractivity contribution in [3.05, 3.63) is 51.0 Å². The van der Waals surface area contributed by atoms with E-state index >= 15 is 0 Å². The summed E-state index contributed by atoms with van der Waals surface area (Å²) in [6.45, 7) is 0.339. The molecular weight excluding hydrogens is 286 g/mol. The maximum Gasteiger partial charge on any atom is 0.384 e. The van der Waals surface area contributed by atoms with Crippen molar-refractivity contribution in [1.82, 2.24) is 0 Å².